The second-order valence-electron chi connectivity index (χ2n) is 4.20. The summed E-state index contributed by atoms with van der Waals surface area (Å²) in [5, 5.41) is 9.54. The van der Waals surface area contributed by atoms with Gasteiger partial charge in [-0.15, -0.1) is 0 Å². The summed E-state index contributed by atoms with van der Waals surface area (Å²) < 4.78 is 0. The first-order valence-corrected chi connectivity index (χ1v) is 5.29. The number of hydrogen-bond donors (Lipinski definition) is 2. The minimum absolute atomic E-state index is 0.128. The summed E-state index contributed by atoms with van der Waals surface area (Å²) in [6.45, 7) is 5.99. The zero-order chi connectivity index (χ0) is 9.84. The van der Waals surface area contributed by atoms with Gasteiger partial charge in [-0.3, -0.25) is 4.90 Å². The van der Waals surface area contributed by atoms with Crippen LogP contribution in [0.4, 0.5) is 0 Å². The molecule has 0 aliphatic carbocycles. The van der Waals surface area contributed by atoms with Gasteiger partial charge in [0.2, 0.25) is 0 Å². The van der Waals surface area contributed by atoms with Gasteiger partial charge >= 0.3 is 0 Å². The van der Waals surface area contributed by atoms with Crippen LogP contribution in [0.1, 0.15) is 33.1 Å². The third-order valence-electron chi connectivity index (χ3n) is 3.06. The van der Waals surface area contributed by atoms with Gasteiger partial charge in [0.15, 0.2) is 0 Å². The van der Waals surface area contributed by atoms with E-state index in [0.717, 1.165) is 32.4 Å². The summed E-state index contributed by atoms with van der Waals surface area (Å²) in [6.07, 6.45) is 2.96. The highest BCUT2D eigenvalue weighted by atomic mass is 16.3. The lowest BCUT2D eigenvalue weighted by molar-refractivity contribution is 0.0177. The number of β-amino-alcohol motifs (C(OH)–C–C–N with tert-alkyl or cyclic N) is 1. The topological polar surface area (TPSA) is 49.5 Å². The fourth-order valence-electron chi connectivity index (χ4n) is 2.14. The first-order valence-electron chi connectivity index (χ1n) is 5.29. The largest absolute Gasteiger partial charge is 0.392 e. The minimum Gasteiger partial charge on any atom is -0.392 e. The van der Waals surface area contributed by atoms with Gasteiger partial charge in [-0.25, -0.2) is 0 Å². The fourth-order valence-corrected chi connectivity index (χ4v) is 2.14. The summed E-state index contributed by atoms with van der Waals surface area (Å²) >= 11 is 0. The number of rotatable bonds is 3. The molecule has 0 radical (unpaired) electrons. The molecule has 0 saturated carbocycles. The molecule has 13 heavy (non-hydrogen) atoms. The van der Waals surface area contributed by atoms with Gasteiger partial charge in [-0.2, -0.15) is 0 Å². The van der Waals surface area contributed by atoms with Gasteiger partial charge in [-0.1, -0.05) is 0 Å². The molecule has 1 saturated heterocycles. The van der Waals surface area contributed by atoms with E-state index in [2.05, 4.69) is 18.7 Å². The lowest BCUT2D eigenvalue weighted by Crippen LogP contribution is -2.49. The zero-order valence-corrected chi connectivity index (χ0v) is 8.74. The van der Waals surface area contributed by atoms with Gasteiger partial charge in [0, 0.05) is 18.6 Å². The molecule has 1 aliphatic rings. The Kier molecular flexibility index (Phi) is 4.16. The molecule has 3 nitrogen and oxygen atoms in total. The van der Waals surface area contributed by atoms with Crippen LogP contribution in [0.5, 0.6) is 0 Å². The fraction of sp³-hybridized carbons (Fsp3) is 1.00. The van der Waals surface area contributed by atoms with Crippen LogP contribution in [-0.2, 0) is 0 Å². The van der Waals surface area contributed by atoms with Crippen molar-refractivity contribution in [2.75, 3.05) is 13.1 Å². The van der Waals surface area contributed by atoms with E-state index in [1.165, 1.54) is 0 Å². The quantitative estimate of drug-likeness (QED) is 0.677. The Labute approximate surface area is 80.9 Å². The van der Waals surface area contributed by atoms with Crippen molar-refractivity contribution in [3.8, 4) is 0 Å². The first-order chi connectivity index (χ1) is 6.15. The van der Waals surface area contributed by atoms with Gasteiger partial charge in [0.05, 0.1) is 6.10 Å². The monoisotopic (exact) mass is 186 g/mol. The summed E-state index contributed by atoms with van der Waals surface area (Å²) in [5.41, 5.74) is 5.53. The predicted molar refractivity (Wildman–Crippen MR) is 54.5 cm³/mol. The van der Waals surface area contributed by atoms with Crippen molar-refractivity contribution in [1.29, 1.82) is 0 Å². The molecule has 0 amide bonds. The van der Waals surface area contributed by atoms with E-state index in [0.29, 0.717) is 12.1 Å². The Hall–Kier alpha value is -0.120. The maximum Gasteiger partial charge on any atom is 0.0667 e. The lowest BCUT2D eigenvalue weighted by atomic mass is 9.98. The van der Waals surface area contributed by atoms with Crippen LogP contribution in [0, 0.1) is 0 Å². The van der Waals surface area contributed by atoms with Crippen molar-refractivity contribution in [3.05, 3.63) is 0 Å². The molecule has 1 heterocycles. The summed E-state index contributed by atoms with van der Waals surface area (Å²) in [5.74, 6) is 0. The van der Waals surface area contributed by atoms with Gasteiger partial charge < -0.3 is 10.8 Å². The lowest BCUT2D eigenvalue weighted by Gasteiger charge is -2.40. The average molecular weight is 186 g/mol. The third kappa shape index (κ3) is 2.93. The Balaban J connectivity index is 2.44. The number of nitrogens with zero attached hydrogens (tertiary/aromatic N) is 1. The Bertz CT molecular complexity index is 152. The molecule has 0 aromatic rings. The molecule has 78 valence electrons. The van der Waals surface area contributed by atoms with E-state index < -0.39 is 0 Å². The first kappa shape index (κ1) is 11.0. The molecule has 1 aliphatic heterocycles. The van der Waals surface area contributed by atoms with E-state index in [1.54, 1.807) is 0 Å². The average Bonchev–Trinajstić information content (AvgIpc) is 2.09. The van der Waals surface area contributed by atoms with Crippen LogP contribution in [0.2, 0.25) is 0 Å². The standard InChI is InChI=1S/C10H22N2O/c1-8-3-4-10(13)7-12(8)9(2)5-6-11/h8-10,13H,3-7,11H2,1-2H3. The van der Waals surface area contributed by atoms with E-state index in [9.17, 15) is 5.11 Å². The van der Waals surface area contributed by atoms with Gasteiger partial charge in [0.1, 0.15) is 0 Å². The molecule has 1 rings (SSSR count). The molecule has 3 heteroatoms. The van der Waals surface area contributed by atoms with Gasteiger partial charge in [-0.05, 0) is 39.7 Å². The van der Waals surface area contributed by atoms with Crippen LogP contribution in [0.15, 0.2) is 0 Å². The Morgan fingerprint density at radius 1 is 1.54 bits per heavy atom. The predicted octanol–water partition coefficient (Wildman–Crippen LogP) is 0.569. The molecular weight excluding hydrogens is 164 g/mol. The Morgan fingerprint density at radius 3 is 2.85 bits per heavy atom. The summed E-state index contributed by atoms with van der Waals surface area (Å²) in [6, 6.07) is 1.11. The summed E-state index contributed by atoms with van der Waals surface area (Å²) in [4.78, 5) is 2.38. The van der Waals surface area contributed by atoms with Gasteiger partial charge in [0.25, 0.3) is 0 Å². The molecule has 1 fully saturated rings. The van der Waals surface area contributed by atoms with E-state index >= 15 is 0 Å². The third-order valence-corrected chi connectivity index (χ3v) is 3.06. The van der Waals surface area contributed by atoms with E-state index in [4.69, 9.17) is 5.73 Å². The van der Waals surface area contributed by atoms with Crippen molar-refractivity contribution in [2.24, 2.45) is 5.73 Å². The van der Waals surface area contributed by atoms with E-state index in [-0.39, 0.29) is 6.10 Å². The number of nitrogens with two attached hydrogens (primary N) is 1. The molecule has 0 spiro atoms. The van der Waals surface area contributed by atoms with Crippen LogP contribution in [0.25, 0.3) is 0 Å². The smallest absolute Gasteiger partial charge is 0.0667 e. The minimum atomic E-state index is -0.128. The number of hydrogen-bond acceptors (Lipinski definition) is 3. The number of aliphatic hydroxyl groups excluding tert-OH is 1. The highest BCUT2D eigenvalue weighted by Crippen LogP contribution is 2.20. The zero-order valence-electron chi connectivity index (χ0n) is 8.74. The second kappa shape index (κ2) is 4.94. The maximum absolute atomic E-state index is 9.54. The second-order valence-corrected chi connectivity index (χ2v) is 4.20. The highest BCUT2D eigenvalue weighted by Gasteiger charge is 2.26. The van der Waals surface area contributed by atoms with Crippen molar-refractivity contribution in [3.63, 3.8) is 0 Å². The van der Waals surface area contributed by atoms with Crippen molar-refractivity contribution >= 4 is 0 Å². The molecule has 3 N–H and O–H groups in total. The number of aliphatic hydroxyl groups is 1. The Morgan fingerprint density at radius 2 is 2.23 bits per heavy atom. The molecule has 0 aromatic heterocycles. The molecule has 3 atom stereocenters. The van der Waals surface area contributed by atoms with Crippen LogP contribution < -0.4 is 5.73 Å². The molecule has 3 unspecified atom stereocenters. The van der Waals surface area contributed by atoms with Crippen LogP contribution in [-0.4, -0.2) is 41.3 Å². The maximum atomic E-state index is 9.54. The van der Waals surface area contributed by atoms with Crippen LogP contribution >= 0.6 is 0 Å². The van der Waals surface area contributed by atoms with Crippen molar-refractivity contribution in [2.45, 2.75) is 51.3 Å². The number of piperidine rings is 1. The molecular formula is C10H22N2O. The number of likely N-dealkylation sites (tertiary alicyclic amines) is 1. The van der Waals surface area contributed by atoms with Crippen molar-refractivity contribution in [1.82, 2.24) is 4.90 Å². The molecule has 0 aromatic carbocycles. The SMILES string of the molecule is CC(CCN)N1CC(O)CCC1C. The summed E-state index contributed by atoms with van der Waals surface area (Å²) in [7, 11) is 0. The van der Waals surface area contributed by atoms with E-state index in [1.807, 2.05) is 0 Å². The van der Waals surface area contributed by atoms with Crippen molar-refractivity contribution < 1.29 is 5.11 Å². The van der Waals surface area contributed by atoms with Crippen LogP contribution in [0.3, 0.4) is 0 Å². The highest BCUT2D eigenvalue weighted by molar-refractivity contribution is 4.82. The normalized spacial score (nSPS) is 33.2. The molecule has 0 bridgehead atoms.